The molecule has 1 N–H and O–H groups in total. The quantitative estimate of drug-likeness (QED) is 0.845. The first-order chi connectivity index (χ1) is 12.6. The Kier molecular flexibility index (Phi) is 5.68. The Morgan fingerprint density at radius 3 is 2.62 bits per heavy atom. The van der Waals surface area contributed by atoms with Gasteiger partial charge in [0.05, 0.1) is 19.6 Å². The van der Waals surface area contributed by atoms with Gasteiger partial charge in [0, 0.05) is 17.9 Å². The molecule has 2 aromatic rings. The molecular weight excluding hydrogens is 344 g/mol. The van der Waals surface area contributed by atoms with E-state index in [1.165, 1.54) is 6.07 Å². The van der Waals surface area contributed by atoms with Gasteiger partial charge in [0.25, 0.3) is 0 Å². The number of hydrogen-bond acceptors (Lipinski definition) is 4. The summed E-state index contributed by atoms with van der Waals surface area (Å²) in [5, 5.41) is 2.81. The first-order valence-electron chi connectivity index (χ1n) is 8.18. The molecule has 0 unspecified atom stereocenters. The van der Waals surface area contributed by atoms with Gasteiger partial charge < -0.3 is 19.5 Å². The van der Waals surface area contributed by atoms with Crippen molar-refractivity contribution < 1.29 is 27.8 Å². The van der Waals surface area contributed by atoms with Crippen LogP contribution in [-0.4, -0.2) is 32.8 Å². The Hall–Kier alpha value is -2.67. The highest BCUT2D eigenvalue weighted by Gasteiger charge is 2.24. The predicted octanol–water partition coefficient (Wildman–Crippen LogP) is 3.94. The number of carbonyl (C=O) groups is 1. The number of alkyl halides is 2. The van der Waals surface area contributed by atoms with Gasteiger partial charge in [-0.25, -0.2) is 0 Å². The molecular formula is C19H19F2NO4. The van der Waals surface area contributed by atoms with Gasteiger partial charge in [-0.05, 0) is 42.3 Å². The molecule has 1 atom stereocenters. The summed E-state index contributed by atoms with van der Waals surface area (Å²) in [6.07, 6.45) is 0.670. The van der Waals surface area contributed by atoms with Crippen LogP contribution in [0.25, 0.3) is 11.1 Å². The van der Waals surface area contributed by atoms with Crippen molar-refractivity contribution in [1.82, 2.24) is 0 Å². The summed E-state index contributed by atoms with van der Waals surface area (Å²) in [5.41, 5.74) is 1.63. The molecule has 1 saturated heterocycles. The number of benzene rings is 2. The molecule has 7 heteroatoms. The van der Waals surface area contributed by atoms with Crippen molar-refractivity contribution in [2.24, 2.45) is 5.92 Å². The lowest BCUT2D eigenvalue weighted by Gasteiger charge is -2.15. The van der Waals surface area contributed by atoms with Crippen molar-refractivity contribution in [3.63, 3.8) is 0 Å². The Morgan fingerprint density at radius 2 is 2.00 bits per heavy atom. The molecule has 3 rings (SSSR count). The third-order valence-corrected chi connectivity index (χ3v) is 4.16. The number of nitrogens with one attached hydrogen (secondary N) is 1. The summed E-state index contributed by atoms with van der Waals surface area (Å²) < 4.78 is 40.4. The second kappa shape index (κ2) is 8.14. The molecule has 0 spiro atoms. The number of anilines is 1. The first kappa shape index (κ1) is 18.1. The van der Waals surface area contributed by atoms with E-state index in [1.54, 1.807) is 43.5 Å². The molecule has 2 aromatic carbocycles. The van der Waals surface area contributed by atoms with Crippen LogP contribution in [0.15, 0.2) is 42.5 Å². The number of methoxy groups -OCH3 is 1. The van der Waals surface area contributed by atoms with E-state index in [-0.39, 0.29) is 17.6 Å². The van der Waals surface area contributed by atoms with E-state index in [4.69, 9.17) is 9.47 Å². The molecule has 1 aliphatic heterocycles. The van der Waals surface area contributed by atoms with E-state index in [2.05, 4.69) is 10.1 Å². The third-order valence-electron chi connectivity index (χ3n) is 4.16. The molecule has 26 heavy (non-hydrogen) atoms. The van der Waals surface area contributed by atoms with E-state index in [1.807, 2.05) is 0 Å². The van der Waals surface area contributed by atoms with Gasteiger partial charge in [0.1, 0.15) is 11.5 Å². The smallest absolute Gasteiger partial charge is 0.387 e. The Labute approximate surface area is 149 Å². The van der Waals surface area contributed by atoms with E-state index < -0.39 is 6.61 Å². The van der Waals surface area contributed by atoms with Crippen molar-refractivity contribution in [1.29, 1.82) is 0 Å². The van der Waals surface area contributed by atoms with Gasteiger partial charge in [-0.2, -0.15) is 8.78 Å². The second-order valence-corrected chi connectivity index (χ2v) is 5.87. The predicted molar refractivity (Wildman–Crippen MR) is 92.6 cm³/mol. The van der Waals surface area contributed by atoms with Crippen LogP contribution in [0.3, 0.4) is 0 Å². The lowest BCUT2D eigenvalue weighted by molar-refractivity contribution is -0.119. The maximum absolute atomic E-state index is 12.7. The Balaban J connectivity index is 1.88. The van der Waals surface area contributed by atoms with E-state index in [0.29, 0.717) is 42.2 Å². The Morgan fingerprint density at radius 1 is 1.23 bits per heavy atom. The highest BCUT2D eigenvalue weighted by molar-refractivity contribution is 5.94. The minimum Gasteiger partial charge on any atom is -0.497 e. The zero-order valence-electron chi connectivity index (χ0n) is 14.2. The summed E-state index contributed by atoms with van der Waals surface area (Å²) in [6, 6.07) is 11.5. The zero-order valence-corrected chi connectivity index (χ0v) is 14.2. The SMILES string of the molecule is COc1ccc(-c2cc(NC(=O)[C@@H]3CCOC3)ccc2OC(F)F)cc1. The average molecular weight is 363 g/mol. The van der Waals surface area contributed by atoms with Crippen molar-refractivity contribution in [3.05, 3.63) is 42.5 Å². The lowest BCUT2D eigenvalue weighted by Crippen LogP contribution is -2.22. The molecule has 138 valence electrons. The van der Waals surface area contributed by atoms with Crippen LogP contribution in [0.2, 0.25) is 0 Å². The van der Waals surface area contributed by atoms with Crippen LogP contribution in [-0.2, 0) is 9.53 Å². The van der Waals surface area contributed by atoms with Gasteiger partial charge in [0.15, 0.2) is 0 Å². The molecule has 1 aliphatic rings. The van der Waals surface area contributed by atoms with Crippen LogP contribution >= 0.6 is 0 Å². The van der Waals surface area contributed by atoms with Gasteiger partial charge in [-0.3, -0.25) is 4.79 Å². The lowest BCUT2D eigenvalue weighted by atomic mass is 10.0. The van der Waals surface area contributed by atoms with Crippen LogP contribution in [0.5, 0.6) is 11.5 Å². The highest BCUT2D eigenvalue weighted by Crippen LogP contribution is 2.34. The maximum atomic E-state index is 12.7. The van der Waals surface area contributed by atoms with Crippen LogP contribution in [0.4, 0.5) is 14.5 Å². The number of rotatable bonds is 6. The first-order valence-corrected chi connectivity index (χ1v) is 8.18. The van der Waals surface area contributed by atoms with E-state index in [9.17, 15) is 13.6 Å². The monoisotopic (exact) mass is 363 g/mol. The van der Waals surface area contributed by atoms with E-state index >= 15 is 0 Å². The minimum absolute atomic E-state index is 0.0346. The standard InChI is InChI=1S/C19H19F2NO4/c1-24-15-5-2-12(3-6-15)16-10-14(4-7-17(16)26-19(20)21)22-18(23)13-8-9-25-11-13/h2-7,10,13,19H,8-9,11H2,1H3,(H,22,23)/t13-/m1/s1. The summed E-state index contributed by atoms with van der Waals surface area (Å²) >= 11 is 0. The molecule has 0 radical (unpaired) electrons. The molecule has 1 amide bonds. The normalized spacial score (nSPS) is 16.5. The summed E-state index contributed by atoms with van der Waals surface area (Å²) in [4.78, 5) is 12.2. The van der Waals surface area contributed by atoms with Gasteiger partial charge in [-0.15, -0.1) is 0 Å². The fourth-order valence-electron chi connectivity index (χ4n) is 2.79. The number of hydrogen-bond donors (Lipinski definition) is 1. The molecule has 0 saturated carbocycles. The van der Waals surface area contributed by atoms with E-state index in [0.717, 1.165) is 0 Å². The zero-order chi connectivity index (χ0) is 18.5. The number of ether oxygens (including phenoxy) is 3. The number of amides is 1. The second-order valence-electron chi connectivity index (χ2n) is 5.87. The largest absolute Gasteiger partial charge is 0.497 e. The van der Waals surface area contributed by atoms with Gasteiger partial charge in [0.2, 0.25) is 5.91 Å². The van der Waals surface area contributed by atoms with Gasteiger partial charge in [-0.1, -0.05) is 12.1 Å². The molecule has 1 fully saturated rings. The minimum atomic E-state index is -2.94. The van der Waals surface area contributed by atoms with Crippen molar-refractivity contribution >= 4 is 11.6 Å². The topological polar surface area (TPSA) is 56.8 Å². The molecule has 5 nitrogen and oxygen atoms in total. The van der Waals surface area contributed by atoms with Crippen molar-refractivity contribution in [2.75, 3.05) is 25.6 Å². The molecule has 0 aromatic heterocycles. The molecule has 1 heterocycles. The van der Waals surface area contributed by atoms with Crippen LogP contribution in [0.1, 0.15) is 6.42 Å². The van der Waals surface area contributed by atoms with Crippen LogP contribution < -0.4 is 14.8 Å². The Bertz CT molecular complexity index is 759. The number of carbonyl (C=O) groups excluding carboxylic acids is 1. The van der Waals surface area contributed by atoms with Gasteiger partial charge >= 0.3 is 6.61 Å². The molecule has 0 aliphatic carbocycles. The summed E-state index contributed by atoms with van der Waals surface area (Å²) in [7, 11) is 1.54. The average Bonchev–Trinajstić information content (AvgIpc) is 3.17. The fraction of sp³-hybridized carbons (Fsp3) is 0.316. The maximum Gasteiger partial charge on any atom is 0.387 e. The molecule has 0 bridgehead atoms. The van der Waals surface area contributed by atoms with Crippen molar-refractivity contribution in [2.45, 2.75) is 13.0 Å². The number of halogens is 2. The summed E-state index contributed by atoms with van der Waals surface area (Å²) in [5.74, 6) is 0.338. The van der Waals surface area contributed by atoms with Crippen molar-refractivity contribution in [3.8, 4) is 22.6 Å². The third kappa shape index (κ3) is 4.29. The van der Waals surface area contributed by atoms with Crippen LogP contribution in [0, 0.1) is 5.92 Å². The fourth-order valence-corrected chi connectivity index (χ4v) is 2.79. The highest BCUT2D eigenvalue weighted by atomic mass is 19.3. The summed E-state index contributed by atoms with van der Waals surface area (Å²) in [6.45, 7) is -1.98.